The molecule has 0 atom stereocenters. The van der Waals surface area contributed by atoms with Crippen molar-refractivity contribution in [2.24, 2.45) is 5.84 Å². The fourth-order valence-electron chi connectivity index (χ4n) is 1.11. The monoisotopic (exact) mass is 219 g/mol. The van der Waals surface area contributed by atoms with Crippen molar-refractivity contribution in [1.29, 1.82) is 0 Å². The molecule has 8 nitrogen and oxygen atoms in total. The van der Waals surface area contributed by atoms with E-state index in [0.717, 1.165) is 0 Å². The Balaban J connectivity index is 2.17. The Morgan fingerprint density at radius 3 is 3.06 bits per heavy atom. The number of aromatic nitrogens is 5. The normalized spacial score (nSPS) is 10.1. The summed E-state index contributed by atoms with van der Waals surface area (Å²) in [5, 5.41) is 6.54. The maximum absolute atomic E-state index is 11.0. The van der Waals surface area contributed by atoms with Gasteiger partial charge in [-0.3, -0.25) is 20.3 Å². The van der Waals surface area contributed by atoms with Gasteiger partial charge in [-0.25, -0.2) is 15.8 Å². The molecule has 0 saturated carbocycles. The molecule has 0 bridgehead atoms. The Kier molecular flexibility index (Phi) is 2.83. The van der Waals surface area contributed by atoms with Gasteiger partial charge in [0.25, 0.3) is 0 Å². The molecule has 16 heavy (non-hydrogen) atoms. The van der Waals surface area contributed by atoms with Crippen molar-refractivity contribution in [1.82, 2.24) is 30.6 Å². The van der Waals surface area contributed by atoms with Gasteiger partial charge in [-0.05, 0) is 0 Å². The number of nitrogens with two attached hydrogens (primary N) is 1. The summed E-state index contributed by atoms with van der Waals surface area (Å²) in [4.78, 5) is 23.0. The number of hydrazine groups is 1. The summed E-state index contributed by atoms with van der Waals surface area (Å²) < 4.78 is 0. The average molecular weight is 219 g/mol. The molecule has 0 aliphatic rings. The smallest absolute Gasteiger partial charge is 0.241 e. The zero-order valence-corrected chi connectivity index (χ0v) is 8.21. The van der Waals surface area contributed by atoms with Crippen LogP contribution in [0.5, 0.6) is 0 Å². The van der Waals surface area contributed by atoms with Gasteiger partial charge in [0.05, 0.1) is 12.6 Å². The summed E-state index contributed by atoms with van der Waals surface area (Å²) in [7, 11) is 0. The summed E-state index contributed by atoms with van der Waals surface area (Å²) >= 11 is 0. The predicted molar refractivity (Wildman–Crippen MR) is 53.4 cm³/mol. The first-order valence-electron chi connectivity index (χ1n) is 4.46. The number of H-pyrrole nitrogens is 1. The predicted octanol–water partition coefficient (Wildman–Crippen LogP) is -1.21. The highest BCUT2D eigenvalue weighted by Gasteiger charge is 2.09. The zero-order chi connectivity index (χ0) is 11.4. The minimum atomic E-state index is -0.346. The van der Waals surface area contributed by atoms with E-state index in [-0.39, 0.29) is 12.3 Å². The van der Waals surface area contributed by atoms with Crippen LogP contribution in [0.15, 0.2) is 18.6 Å². The molecule has 0 aromatic carbocycles. The molecule has 8 heteroatoms. The van der Waals surface area contributed by atoms with Gasteiger partial charge in [0.15, 0.2) is 0 Å². The second-order valence-electron chi connectivity index (χ2n) is 2.94. The Morgan fingerprint density at radius 1 is 1.50 bits per heavy atom. The van der Waals surface area contributed by atoms with E-state index in [2.05, 4.69) is 25.1 Å². The van der Waals surface area contributed by atoms with Crippen molar-refractivity contribution < 1.29 is 4.79 Å². The largest absolute Gasteiger partial charge is 0.294 e. The van der Waals surface area contributed by atoms with Crippen LogP contribution in [-0.2, 0) is 11.2 Å². The third-order valence-corrected chi connectivity index (χ3v) is 1.81. The van der Waals surface area contributed by atoms with Gasteiger partial charge in [-0.2, -0.15) is 5.10 Å². The first kappa shape index (κ1) is 10.2. The minimum Gasteiger partial charge on any atom is -0.294 e. The highest BCUT2D eigenvalue weighted by atomic mass is 16.2. The van der Waals surface area contributed by atoms with Crippen molar-refractivity contribution in [3.05, 3.63) is 24.4 Å². The summed E-state index contributed by atoms with van der Waals surface area (Å²) in [6, 6.07) is 0. The first-order valence-corrected chi connectivity index (χ1v) is 4.46. The van der Waals surface area contributed by atoms with Crippen molar-refractivity contribution in [2.45, 2.75) is 6.42 Å². The summed E-state index contributed by atoms with van der Waals surface area (Å²) in [6.07, 6.45) is 4.68. The molecule has 82 valence electrons. The summed E-state index contributed by atoms with van der Waals surface area (Å²) in [6.45, 7) is 0. The van der Waals surface area contributed by atoms with Gasteiger partial charge in [0.2, 0.25) is 11.7 Å². The number of carbonyl (C=O) groups is 1. The third kappa shape index (κ3) is 2.17. The molecule has 0 aliphatic heterocycles. The van der Waals surface area contributed by atoms with Crippen molar-refractivity contribution in [3.8, 4) is 11.5 Å². The van der Waals surface area contributed by atoms with Gasteiger partial charge in [-0.1, -0.05) is 0 Å². The summed E-state index contributed by atoms with van der Waals surface area (Å²) in [5.74, 6) is 5.42. The van der Waals surface area contributed by atoms with Crippen LogP contribution < -0.4 is 11.3 Å². The number of rotatable bonds is 3. The third-order valence-electron chi connectivity index (χ3n) is 1.81. The Labute approximate surface area is 90.3 Å². The molecule has 0 aliphatic carbocycles. The number of carbonyl (C=O) groups excluding carboxylic acids is 1. The lowest BCUT2D eigenvalue weighted by molar-refractivity contribution is -0.120. The van der Waals surface area contributed by atoms with Crippen LogP contribution in [-0.4, -0.2) is 31.1 Å². The molecule has 0 radical (unpaired) electrons. The molecular weight excluding hydrogens is 210 g/mol. The maximum Gasteiger partial charge on any atom is 0.241 e. The van der Waals surface area contributed by atoms with Crippen molar-refractivity contribution in [2.75, 3.05) is 0 Å². The molecule has 0 fully saturated rings. The lowest BCUT2D eigenvalue weighted by atomic mass is 10.4. The van der Waals surface area contributed by atoms with E-state index in [4.69, 9.17) is 5.84 Å². The van der Waals surface area contributed by atoms with Crippen LogP contribution in [0.25, 0.3) is 11.5 Å². The SMILES string of the molecule is NNC(=O)Cc1nc(-c2cnccn2)n[nH]1. The standard InChI is InChI=1S/C8H9N7O/c9-13-7(16)3-6-12-8(15-14-6)5-4-10-1-2-11-5/h1-2,4H,3,9H2,(H,13,16)(H,12,14,15). The van der Waals surface area contributed by atoms with Crippen LogP contribution in [0.3, 0.4) is 0 Å². The second kappa shape index (κ2) is 4.45. The molecule has 2 heterocycles. The molecule has 1 amide bonds. The van der Waals surface area contributed by atoms with Gasteiger partial charge >= 0.3 is 0 Å². The molecule has 2 rings (SSSR count). The molecule has 0 unspecified atom stereocenters. The lowest BCUT2D eigenvalue weighted by Crippen LogP contribution is -2.31. The molecule has 4 N–H and O–H groups in total. The van der Waals surface area contributed by atoms with E-state index in [1.54, 1.807) is 6.20 Å². The topological polar surface area (TPSA) is 122 Å². The number of hydrogen-bond donors (Lipinski definition) is 3. The fraction of sp³-hybridized carbons (Fsp3) is 0.125. The molecule has 2 aromatic heterocycles. The van der Waals surface area contributed by atoms with Gasteiger partial charge in [0.1, 0.15) is 11.5 Å². The highest BCUT2D eigenvalue weighted by Crippen LogP contribution is 2.08. The van der Waals surface area contributed by atoms with Gasteiger partial charge in [-0.15, -0.1) is 0 Å². The Hall–Kier alpha value is -2.35. The van der Waals surface area contributed by atoms with E-state index in [0.29, 0.717) is 17.3 Å². The van der Waals surface area contributed by atoms with Gasteiger partial charge < -0.3 is 0 Å². The van der Waals surface area contributed by atoms with Crippen LogP contribution in [0.4, 0.5) is 0 Å². The van der Waals surface area contributed by atoms with Crippen molar-refractivity contribution in [3.63, 3.8) is 0 Å². The van der Waals surface area contributed by atoms with Crippen LogP contribution in [0.2, 0.25) is 0 Å². The van der Waals surface area contributed by atoms with E-state index in [1.165, 1.54) is 12.4 Å². The molecule has 2 aromatic rings. The number of nitrogens with one attached hydrogen (secondary N) is 2. The van der Waals surface area contributed by atoms with Crippen LogP contribution >= 0.6 is 0 Å². The van der Waals surface area contributed by atoms with E-state index >= 15 is 0 Å². The minimum absolute atomic E-state index is 0.0454. The number of amides is 1. The average Bonchev–Trinajstić information content (AvgIpc) is 2.78. The maximum atomic E-state index is 11.0. The van der Waals surface area contributed by atoms with E-state index in [1.807, 2.05) is 5.43 Å². The zero-order valence-electron chi connectivity index (χ0n) is 8.21. The summed E-state index contributed by atoms with van der Waals surface area (Å²) in [5.41, 5.74) is 2.55. The molecule has 0 saturated heterocycles. The first-order chi connectivity index (χ1) is 7.79. The molecule has 0 spiro atoms. The highest BCUT2D eigenvalue weighted by molar-refractivity contribution is 5.77. The number of nitrogens with zero attached hydrogens (tertiary/aromatic N) is 4. The van der Waals surface area contributed by atoms with E-state index < -0.39 is 0 Å². The Morgan fingerprint density at radius 2 is 2.38 bits per heavy atom. The van der Waals surface area contributed by atoms with E-state index in [9.17, 15) is 4.79 Å². The number of hydrogen-bond acceptors (Lipinski definition) is 6. The lowest BCUT2D eigenvalue weighted by Gasteiger charge is -1.93. The quantitative estimate of drug-likeness (QED) is 0.338. The second-order valence-corrected chi connectivity index (χ2v) is 2.94. The number of aromatic amines is 1. The Bertz CT molecular complexity index is 480. The molecular formula is C8H9N7O. The van der Waals surface area contributed by atoms with Gasteiger partial charge in [0, 0.05) is 12.4 Å². The van der Waals surface area contributed by atoms with Crippen molar-refractivity contribution >= 4 is 5.91 Å². The fourth-order valence-corrected chi connectivity index (χ4v) is 1.11. The van der Waals surface area contributed by atoms with Crippen LogP contribution in [0, 0.1) is 0 Å². The van der Waals surface area contributed by atoms with Crippen LogP contribution in [0.1, 0.15) is 5.82 Å².